The highest BCUT2D eigenvalue weighted by Crippen LogP contribution is 2.22. The minimum atomic E-state index is -1.07. The molecule has 1 heterocycles. The molecule has 2 rings (SSSR count). The van der Waals surface area contributed by atoms with Crippen LogP contribution in [0.5, 0.6) is 5.75 Å². The summed E-state index contributed by atoms with van der Waals surface area (Å²) in [7, 11) is 1.55. The minimum Gasteiger partial charge on any atom is -0.514 e. The van der Waals surface area contributed by atoms with Crippen LogP contribution in [0.25, 0.3) is 6.08 Å². The molecule has 33 heavy (non-hydrogen) atoms. The zero-order chi connectivity index (χ0) is 24.4. The van der Waals surface area contributed by atoms with Crippen LogP contribution in [0.2, 0.25) is 0 Å². The molecule has 1 saturated heterocycles. The molecule has 3 atom stereocenters. The van der Waals surface area contributed by atoms with Crippen molar-refractivity contribution >= 4 is 29.6 Å². The number of aliphatic hydroxyl groups is 1. The average molecular weight is 453 g/mol. The molecular formula is C24H27N3O6. The van der Waals surface area contributed by atoms with E-state index in [0.717, 1.165) is 11.8 Å². The monoisotopic (exact) mass is 453 g/mol. The number of ketones is 1. The van der Waals surface area contributed by atoms with Gasteiger partial charge in [0.25, 0.3) is 0 Å². The van der Waals surface area contributed by atoms with Gasteiger partial charge in [-0.25, -0.2) is 0 Å². The third-order valence-corrected chi connectivity index (χ3v) is 5.08. The summed E-state index contributed by atoms with van der Waals surface area (Å²) >= 11 is 0. The van der Waals surface area contributed by atoms with Crippen LogP contribution in [0.3, 0.4) is 0 Å². The van der Waals surface area contributed by atoms with E-state index in [1.54, 1.807) is 38.3 Å². The zero-order valence-corrected chi connectivity index (χ0v) is 18.5. The van der Waals surface area contributed by atoms with Crippen molar-refractivity contribution in [3.63, 3.8) is 0 Å². The van der Waals surface area contributed by atoms with Crippen molar-refractivity contribution in [2.75, 3.05) is 13.7 Å². The van der Waals surface area contributed by atoms with Gasteiger partial charge in [-0.1, -0.05) is 12.1 Å². The molecule has 0 radical (unpaired) electrons. The summed E-state index contributed by atoms with van der Waals surface area (Å²) in [6.07, 6.45) is 9.04. The quantitative estimate of drug-likeness (QED) is 0.181. The van der Waals surface area contributed by atoms with E-state index in [-0.39, 0.29) is 31.0 Å². The van der Waals surface area contributed by atoms with E-state index in [0.29, 0.717) is 5.75 Å². The Kier molecular flexibility index (Phi) is 9.24. The number of nitrogens with one attached hydrogen (secondary N) is 3. The fourth-order valence-electron chi connectivity index (χ4n) is 3.20. The van der Waals surface area contributed by atoms with Gasteiger partial charge in [0.1, 0.15) is 17.7 Å². The second-order valence-electron chi connectivity index (χ2n) is 7.45. The maximum absolute atomic E-state index is 12.8. The molecule has 1 unspecified atom stereocenters. The molecule has 9 heteroatoms. The van der Waals surface area contributed by atoms with E-state index in [2.05, 4.69) is 21.9 Å². The number of carbonyl (C=O) groups excluding carboxylic acids is 4. The molecule has 0 aliphatic carbocycles. The van der Waals surface area contributed by atoms with Crippen molar-refractivity contribution in [2.45, 2.75) is 25.8 Å². The van der Waals surface area contributed by atoms with Gasteiger partial charge >= 0.3 is 0 Å². The van der Waals surface area contributed by atoms with E-state index >= 15 is 0 Å². The molecule has 9 nitrogen and oxygen atoms in total. The van der Waals surface area contributed by atoms with Gasteiger partial charge in [-0.2, -0.15) is 0 Å². The molecule has 0 bridgehead atoms. The van der Waals surface area contributed by atoms with Crippen molar-refractivity contribution in [2.24, 2.45) is 11.8 Å². The van der Waals surface area contributed by atoms with Crippen LogP contribution in [0.4, 0.5) is 0 Å². The Bertz CT molecular complexity index is 1010. The summed E-state index contributed by atoms with van der Waals surface area (Å²) in [5.74, 6) is -0.605. The molecular weight excluding hydrogens is 426 g/mol. The van der Waals surface area contributed by atoms with E-state index in [1.807, 2.05) is 6.07 Å². The van der Waals surface area contributed by atoms with Crippen LogP contribution in [0.1, 0.15) is 25.3 Å². The lowest BCUT2D eigenvalue weighted by atomic mass is 9.89. The van der Waals surface area contributed by atoms with E-state index in [4.69, 9.17) is 16.3 Å². The Morgan fingerprint density at radius 2 is 2.15 bits per heavy atom. The SMILES string of the molecule is C#CC(C)[C@H](NC(=O)CCNC(=O)/C=C/c1cccc(OC)c1)C(=O)[C@H]1C/C(=C/O)NC1=O. The lowest BCUT2D eigenvalue weighted by Crippen LogP contribution is -2.49. The molecule has 1 fully saturated rings. The molecule has 3 amide bonds. The molecule has 4 N–H and O–H groups in total. The zero-order valence-electron chi connectivity index (χ0n) is 18.5. The van der Waals surface area contributed by atoms with Gasteiger partial charge in [0.2, 0.25) is 17.7 Å². The first-order valence-corrected chi connectivity index (χ1v) is 10.3. The van der Waals surface area contributed by atoms with Crippen LogP contribution >= 0.6 is 0 Å². The number of aliphatic hydroxyl groups excluding tert-OH is 1. The summed E-state index contributed by atoms with van der Waals surface area (Å²) < 4.78 is 5.12. The number of ether oxygens (including phenoxy) is 1. The van der Waals surface area contributed by atoms with Gasteiger partial charge in [0.05, 0.1) is 19.1 Å². The summed E-state index contributed by atoms with van der Waals surface area (Å²) in [6.45, 7) is 1.63. The van der Waals surface area contributed by atoms with Crippen LogP contribution in [0, 0.1) is 24.2 Å². The van der Waals surface area contributed by atoms with E-state index in [9.17, 15) is 19.2 Å². The predicted octanol–water partition coefficient (Wildman–Crippen LogP) is 1.07. The molecule has 0 saturated carbocycles. The maximum atomic E-state index is 12.8. The number of Topliss-reactive ketones (excluding diaryl/α,β-unsaturated/α-hetero) is 1. The highest BCUT2D eigenvalue weighted by Gasteiger charge is 2.40. The lowest BCUT2D eigenvalue weighted by molar-refractivity contribution is -0.136. The van der Waals surface area contributed by atoms with Crippen LogP contribution in [0.15, 0.2) is 42.3 Å². The summed E-state index contributed by atoms with van der Waals surface area (Å²) in [5.41, 5.74) is 1.00. The number of methoxy groups -OCH3 is 1. The summed E-state index contributed by atoms with van der Waals surface area (Å²) in [6, 6.07) is 6.10. The predicted molar refractivity (Wildman–Crippen MR) is 122 cm³/mol. The summed E-state index contributed by atoms with van der Waals surface area (Å²) in [4.78, 5) is 49.2. The topological polar surface area (TPSA) is 134 Å². The molecule has 174 valence electrons. The smallest absolute Gasteiger partial charge is 0.244 e. The Hall–Kier alpha value is -4.06. The fourth-order valence-corrected chi connectivity index (χ4v) is 3.20. The Morgan fingerprint density at radius 3 is 2.79 bits per heavy atom. The van der Waals surface area contributed by atoms with Gasteiger partial charge in [-0.05, 0) is 30.7 Å². The van der Waals surface area contributed by atoms with Crippen molar-refractivity contribution in [3.8, 4) is 18.1 Å². The number of rotatable bonds is 10. The van der Waals surface area contributed by atoms with E-state index in [1.165, 1.54) is 6.08 Å². The van der Waals surface area contributed by atoms with Gasteiger partial charge < -0.3 is 25.8 Å². The number of hydrogen-bond acceptors (Lipinski definition) is 6. The first kappa shape index (κ1) is 25.2. The van der Waals surface area contributed by atoms with Crippen molar-refractivity contribution in [3.05, 3.63) is 47.9 Å². The number of benzene rings is 1. The standard InChI is InChI=1S/C24H27N3O6/c1-4-15(2)22(23(31)19-13-17(14-28)26-24(19)32)27-21(30)10-11-25-20(29)9-8-16-6-5-7-18(12-16)33-3/h1,5-9,12,14-15,19,22,28H,10-11,13H2,2-3H3,(H,25,29)(H,26,32)(H,27,30)/b9-8+,17-14-/t15?,19-,22+/m1/s1. The van der Waals surface area contributed by atoms with Crippen molar-refractivity contribution < 1.29 is 29.0 Å². The van der Waals surface area contributed by atoms with Gasteiger partial charge in [-0.3, -0.25) is 19.2 Å². The second kappa shape index (κ2) is 12.1. The third kappa shape index (κ3) is 7.25. The van der Waals surface area contributed by atoms with Crippen LogP contribution in [-0.4, -0.2) is 48.3 Å². The average Bonchev–Trinajstić information content (AvgIpc) is 3.21. The van der Waals surface area contributed by atoms with E-state index < -0.39 is 35.5 Å². The van der Waals surface area contributed by atoms with Crippen LogP contribution < -0.4 is 20.7 Å². The molecule has 1 aliphatic rings. The Morgan fingerprint density at radius 1 is 1.39 bits per heavy atom. The number of amides is 3. The molecule has 1 aromatic carbocycles. The van der Waals surface area contributed by atoms with Gasteiger partial charge in [-0.15, -0.1) is 12.3 Å². The molecule has 1 aromatic rings. The largest absolute Gasteiger partial charge is 0.514 e. The normalized spacial score (nSPS) is 18.3. The molecule has 0 aromatic heterocycles. The van der Waals surface area contributed by atoms with Crippen LogP contribution in [-0.2, 0) is 19.2 Å². The number of carbonyl (C=O) groups is 4. The first-order valence-electron chi connectivity index (χ1n) is 10.3. The third-order valence-electron chi connectivity index (χ3n) is 5.08. The van der Waals surface area contributed by atoms with Crippen molar-refractivity contribution in [1.29, 1.82) is 0 Å². The lowest BCUT2D eigenvalue weighted by Gasteiger charge is -2.22. The highest BCUT2D eigenvalue weighted by molar-refractivity contribution is 6.07. The molecule has 1 aliphatic heterocycles. The highest BCUT2D eigenvalue weighted by atomic mass is 16.5. The summed E-state index contributed by atoms with van der Waals surface area (Å²) in [5, 5.41) is 16.6. The number of hydrogen-bond donors (Lipinski definition) is 4. The Balaban J connectivity index is 1.88. The minimum absolute atomic E-state index is 0.00745. The number of allylic oxidation sites excluding steroid dienone is 1. The fraction of sp³-hybridized carbons (Fsp3) is 0.333. The maximum Gasteiger partial charge on any atom is 0.244 e. The first-order chi connectivity index (χ1) is 15.8. The van der Waals surface area contributed by atoms with Gasteiger partial charge in [0.15, 0.2) is 5.78 Å². The molecule has 0 spiro atoms. The van der Waals surface area contributed by atoms with Gasteiger partial charge in [0, 0.05) is 31.4 Å². The second-order valence-corrected chi connectivity index (χ2v) is 7.45. The Labute approximate surface area is 192 Å². The van der Waals surface area contributed by atoms with Crippen molar-refractivity contribution in [1.82, 2.24) is 16.0 Å². The number of terminal acetylenes is 1.